The number of carbonyl (C=O) groups excluding carboxylic acids is 1. The van der Waals surface area contributed by atoms with Crippen molar-refractivity contribution in [3.8, 4) is 17.2 Å². The summed E-state index contributed by atoms with van der Waals surface area (Å²) in [6.45, 7) is -0.113. The van der Waals surface area contributed by atoms with Gasteiger partial charge in [0.25, 0.3) is 5.91 Å². The third-order valence-electron chi connectivity index (χ3n) is 3.62. The van der Waals surface area contributed by atoms with Crippen LogP contribution in [-0.4, -0.2) is 31.7 Å². The minimum atomic E-state index is -0.281. The van der Waals surface area contributed by atoms with E-state index >= 15 is 0 Å². The van der Waals surface area contributed by atoms with Crippen molar-refractivity contribution in [2.24, 2.45) is 0 Å². The predicted molar refractivity (Wildman–Crippen MR) is 95.4 cm³/mol. The van der Waals surface area contributed by atoms with Crippen LogP contribution < -0.4 is 19.5 Å². The minimum absolute atomic E-state index is 0.113. The van der Waals surface area contributed by atoms with Gasteiger partial charge in [0.15, 0.2) is 6.61 Å². The molecule has 0 unspecified atom stereocenters. The SMILES string of the molecule is COc1ccc(OCC(=O)Nc2cc(OC)cc3cccnc23)cc1. The van der Waals surface area contributed by atoms with Gasteiger partial charge in [0, 0.05) is 17.6 Å². The summed E-state index contributed by atoms with van der Waals surface area (Å²) in [4.78, 5) is 16.5. The number of hydrogen-bond acceptors (Lipinski definition) is 5. The zero-order valence-electron chi connectivity index (χ0n) is 14.0. The first-order chi connectivity index (χ1) is 12.2. The lowest BCUT2D eigenvalue weighted by atomic mass is 10.2. The fourth-order valence-electron chi connectivity index (χ4n) is 2.39. The van der Waals surface area contributed by atoms with E-state index < -0.39 is 0 Å². The Balaban J connectivity index is 1.70. The molecular weight excluding hydrogens is 320 g/mol. The van der Waals surface area contributed by atoms with E-state index in [2.05, 4.69) is 10.3 Å². The lowest BCUT2D eigenvalue weighted by molar-refractivity contribution is -0.118. The Hall–Kier alpha value is -3.28. The number of ether oxygens (including phenoxy) is 3. The van der Waals surface area contributed by atoms with Crippen molar-refractivity contribution in [1.29, 1.82) is 0 Å². The minimum Gasteiger partial charge on any atom is -0.497 e. The molecule has 25 heavy (non-hydrogen) atoms. The van der Waals surface area contributed by atoms with E-state index in [-0.39, 0.29) is 12.5 Å². The monoisotopic (exact) mass is 338 g/mol. The first kappa shape index (κ1) is 16.6. The number of anilines is 1. The smallest absolute Gasteiger partial charge is 0.262 e. The van der Waals surface area contributed by atoms with E-state index in [1.54, 1.807) is 50.7 Å². The van der Waals surface area contributed by atoms with Gasteiger partial charge in [-0.2, -0.15) is 0 Å². The Kier molecular flexibility index (Phi) is 4.99. The van der Waals surface area contributed by atoms with E-state index in [4.69, 9.17) is 14.2 Å². The van der Waals surface area contributed by atoms with Gasteiger partial charge in [0.2, 0.25) is 0 Å². The number of hydrogen-bond donors (Lipinski definition) is 1. The van der Waals surface area contributed by atoms with E-state index in [1.807, 2.05) is 18.2 Å². The fourth-order valence-corrected chi connectivity index (χ4v) is 2.39. The normalized spacial score (nSPS) is 10.3. The van der Waals surface area contributed by atoms with Crippen molar-refractivity contribution in [2.75, 3.05) is 26.1 Å². The number of benzene rings is 2. The molecule has 0 bridgehead atoms. The van der Waals surface area contributed by atoms with Crippen LogP contribution in [0.15, 0.2) is 54.7 Å². The molecule has 0 radical (unpaired) electrons. The maximum atomic E-state index is 12.2. The Bertz CT molecular complexity index is 878. The molecule has 0 atom stereocenters. The summed E-state index contributed by atoms with van der Waals surface area (Å²) >= 11 is 0. The molecule has 2 aromatic carbocycles. The predicted octanol–water partition coefficient (Wildman–Crippen LogP) is 3.27. The number of rotatable bonds is 6. The van der Waals surface area contributed by atoms with Crippen LogP contribution >= 0.6 is 0 Å². The average Bonchev–Trinajstić information content (AvgIpc) is 2.66. The molecule has 6 nitrogen and oxygen atoms in total. The van der Waals surface area contributed by atoms with Crippen molar-refractivity contribution in [2.45, 2.75) is 0 Å². The summed E-state index contributed by atoms with van der Waals surface area (Å²) in [5, 5.41) is 3.70. The van der Waals surface area contributed by atoms with Gasteiger partial charge in [-0.3, -0.25) is 9.78 Å². The third kappa shape index (κ3) is 3.98. The molecule has 0 aliphatic carbocycles. The summed E-state index contributed by atoms with van der Waals surface area (Å²) in [6.07, 6.45) is 1.68. The Morgan fingerprint density at radius 1 is 1.00 bits per heavy atom. The number of amides is 1. The second-order valence-electron chi connectivity index (χ2n) is 5.26. The molecule has 3 aromatic rings. The van der Waals surface area contributed by atoms with Crippen molar-refractivity contribution < 1.29 is 19.0 Å². The zero-order valence-corrected chi connectivity index (χ0v) is 14.0. The molecular formula is C19H18N2O4. The van der Waals surface area contributed by atoms with Crippen LogP contribution in [0.25, 0.3) is 10.9 Å². The second kappa shape index (κ2) is 7.53. The fraction of sp³-hybridized carbons (Fsp3) is 0.158. The van der Waals surface area contributed by atoms with Crippen LogP contribution in [0, 0.1) is 0 Å². The molecule has 0 aliphatic rings. The van der Waals surface area contributed by atoms with Gasteiger partial charge in [0.1, 0.15) is 17.2 Å². The Morgan fingerprint density at radius 2 is 1.72 bits per heavy atom. The van der Waals surface area contributed by atoms with Crippen LogP contribution in [0.2, 0.25) is 0 Å². The molecule has 1 heterocycles. The number of nitrogens with one attached hydrogen (secondary N) is 1. The Labute approximate surface area is 145 Å². The van der Waals surface area contributed by atoms with Gasteiger partial charge >= 0.3 is 0 Å². The molecule has 0 aliphatic heterocycles. The number of nitrogens with zero attached hydrogens (tertiary/aromatic N) is 1. The van der Waals surface area contributed by atoms with Crippen LogP contribution in [-0.2, 0) is 4.79 Å². The average molecular weight is 338 g/mol. The highest BCUT2D eigenvalue weighted by atomic mass is 16.5. The molecule has 1 amide bonds. The first-order valence-corrected chi connectivity index (χ1v) is 7.69. The molecule has 0 saturated heterocycles. The van der Waals surface area contributed by atoms with Crippen LogP contribution in [0.4, 0.5) is 5.69 Å². The number of carbonyl (C=O) groups is 1. The molecule has 128 valence electrons. The highest BCUT2D eigenvalue weighted by molar-refractivity contribution is 6.01. The van der Waals surface area contributed by atoms with Crippen LogP contribution in [0.3, 0.4) is 0 Å². The van der Waals surface area contributed by atoms with Gasteiger partial charge < -0.3 is 19.5 Å². The summed E-state index contributed by atoms with van der Waals surface area (Å²) in [6, 6.07) is 14.4. The summed E-state index contributed by atoms with van der Waals surface area (Å²) < 4.78 is 15.8. The lowest BCUT2D eigenvalue weighted by Crippen LogP contribution is -2.20. The lowest BCUT2D eigenvalue weighted by Gasteiger charge is -2.11. The number of methoxy groups -OCH3 is 2. The molecule has 1 aromatic heterocycles. The van der Waals surface area contributed by atoms with Gasteiger partial charge in [-0.15, -0.1) is 0 Å². The standard InChI is InChI=1S/C19H18N2O4/c1-23-14-5-7-15(8-6-14)25-12-18(22)21-17-11-16(24-2)10-13-4-3-9-20-19(13)17/h3-11H,12H2,1-2H3,(H,21,22). The van der Waals surface area contributed by atoms with Crippen molar-refractivity contribution >= 4 is 22.5 Å². The van der Waals surface area contributed by atoms with E-state index in [0.717, 1.165) is 11.1 Å². The topological polar surface area (TPSA) is 69.7 Å². The largest absolute Gasteiger partial charge is 0.497 e. The zero-order chi connectivity index (χ0) is 17.6. The number of pyridine rings is 1. The summed E-state index contributed by atoms with van der Waals surface area (Å²) in [5.74, 6) is 1.68. The van der Waals surface area contributed by atoms with Crippen LogP contribution in [0.5, 0.6) is 17.2 Å². The van der Waals surface area contributed by atoms with Crippen molar-refractivity contribution in [1.82, 2.24) is 4.98 Å². The summed E-state index contributed by atoms with van der Waals surface area (Å²) in [7, 11) is 3.17. The molecule has 0 fully saturated rings. The molecule has 0 saturated carbocycles. The maximum absolute atomic E-state index is 12.2. The van der Waals surface area contributed by atoms with Crippen molar-refractivity contribution in [3.05, 3.63) is 54.7 Å². The summed E-state index contributed by atoms with van der Waals surface area (Å²) in [5.41, 5.74) is 1.28. The molecule has 0 spiro atoms. The van der Waals surface area contributed by atoms with Gasteiger partial charge in [-0.1, -0.05) is 6.07 Å². The van der Waals surface area contributed by atoms with Gasteiger partial charge in [0.05, 0.1) is 25.4 Å². The number of fused-ring (bicyclic) bond motifs is 1. The highest BCUT2D eigenvalue weighted by Crippen LogP contribution is 2.27. The van der Waals surface area contributed by atoms with Crippen molar-refractivity contribution in [3.63, 3.8) is 0 Å². The molecule has 6 heteroatoms. The van der Waals surface area contributed by atoms with Gasteiger partial charge in [-0.25, -0.2) is 0 Å². The van der Waals surface area contributed by atoms with Gasteiger partial charge in [-0.05, 0) is 36.4 Å². The van der Waals surface area contributed by atoms with Crippen LogP contribution in [0.1, 0.15) is 0 Å². The molecule has 3 rings (SSSR count). The second-order valence-corrected chi connectivity index (χ2v) is 5.26. The first-order valence-electron chi connectivity index (χ1n) is 7.69. The van der Waals surface area contributed by atoms with E-state index in [1.165, 1.54) is 0 Å². The maximum Gasteiger partial charge on any atom is 0.262 e. The third-order valence-corrected chi connectivity index (χ3v) is 3.62. The Morgan fingerprint density at radius 3 is 2.44 bits per heavy atom. The van der Waals surface area contributed by atoms with E-state index in [0.29, 0.717) is 22.7 Å². The van der Waals surface area contributed by atoms with E-state index in [9.17, 15) is 4.79 Å². The molecule has 1 N–H and O–H groups in total. The number of aromatic nitrogens is 1. The highest BCUT2D eigenvalue weighted by Gasteiger charge is 2.10. The quantitative estimate of drug-likeness (QED) is 0.747.